The normalized spacial score (nSPS) is 11.9. The first-order chi connectivity index (χ1) is 28.2. The summed E-state index contributed by atoms with van der Waals surface area (Å²) < 4.78 is 3.84. The number of rotatable bonds is 5. The van der Waals surface area contributed by atoms with Crippen molar-refractivity contribution in [3.05, 3.63) is 194 Å². The van der Waals surface area contributed by atoms with Gasteiger partial charge in [0, 0.05) is 48.2 Å². The summed E-state index contributed by atoms with van der Waals surface area (Å²) in [6.45, 7) is 0. The fraction of sp³-hybridized carbons (Fsp3) is 0. The van der Waals surface area contributed by atoms with Crippen LogP contribution >= 0.6 is 22.7 Å². The molecule has 0 atom stereocenters. The van der Waals surface area contributed by atoms with Gasteiger partial charge in [-0.05, 0) is 109 Å². The lowest BCUT2D eigenvalue weighted by Crippen LogP contribution is -2.09. The Labute approximate surface area is 337 Å². The minimum atomic E-state index is 1.04. The van der Waals surface area contributed by atoms with E-state index in [1.165, 1.54) is 79.1 Å². The third-order valence-electron chi connectivity index (χ3n) is 11.4. The van der Waals surface area contributed by atoms with Crippen molar-refractivity contribution in [1.82, 2.24) is 4.98 Å². The number of aromatic nitrogens is 1. The maximum Gasteiger partial charge on any atom is 0.124 e. The molecule has 57 heavy (non-hydrogen) atoms. The number of thiazole rings is 1. The molecule has 0 radical (unpaired) electrons. The van der Waals surface area contributed by atoms with Gasteiger partial charge >= 0.3 is 0 Å². The molecule has 0 unspecified atom stereocenters. The van der Waals surface area contributed by atoms with Crippen molar-refractivity contribution >= 4 is 113 Å². The Bertz CT molecular complexity index is 3530. The summed E-state index contributed by atoms with van der Waals surface area (Å²) in [4.78, 5) is 7.49. The van der Waals surface area contributed by atoms with Crippen LogP contribution in [0, 0.1) is 0 Å². The first-order valence-corrected chi connectivity index (χ1v) is 20.9. The van der Waals surface area contributed by atoms with Crippen molar-refractivity contribution in [2.75, 3.05) is 4.90 Å². The number of hydrogen-bond acceptors (Lipinski definition) is 4. The molecule has 0 aliphatic carbocycles. The van der Waals surface area contributed by atoms with Gasteiger partial charge in [0.15, 0.2) is 0 Å². The van der Waals surface area contributed by atoms with Crippen molar-refractivity contribution in [3.8, 4) is 21.7 Å². The average molecular weight is 761 g/mol. The summed E-state index contributed by atoms with van der Waals surface area (Å²) in [6, 6.07) is 71.0. The second-order valence-corrected chi connectivity index (χ2v) is 16.8. The van der Waals surface area contributed by atoms with Gasteiger partial charge in [0.25, 0.3) is 0 Å². The van der Waals surface area contributed by atoms with Gasteiger partial charge < -0.3 is 4.90 Å². The summed E-state index contributed by atoms with van der Waals surface area (Å²) >= 11 is 3.64. The van der Waals surface area contributed by atoms with Crippen LogP contribution in [0.1, 0.15) is 0 Å². The Kier molecular flexibility index (Phi) is 7.31. The number of hydrogen-bond donors (Lipinski definition) is 0. The lowest BCUT2D eigenvalue weighted by molar-refractivity contribution is 1.30. The summed E-state index contributed by atoms with van der Waals surface area (Å²) in [7, 11) is 0. The van der Waals surface area contributed by atoms with Crippen LogP contribution in [0.3, 0.4) is 0 Å². The summed E-state index contributed by atoms with van der Waals surface area (Å²) in [6.07, 6.45) is 0. The molecule has 10 aromatic carbocycles. The zero-order chi connectivity index (χ0) is 37.5. The quantitative estimate of drug-likeness (QED) is 0.162. The lowest BCUT2D eigenvalue weighted by Gasteiger charge is -2.26. The van der Waals surface area contributed by atoms with E-state index < -0.39 is 0 Å². The Balaban J connectivity index is 1.03. The highest BCUT2D eigenvalue weighted by molar-refractivity contribution is 7.25. The molecule has 0 fully saturated rings. The highest BCUT2D eigenvalue weighted by Crippen LogP contribution is 2.44. The molecular weight excluding hydrogens is 729 g/mol. The van der Waals surface area contributed by atoms with Gasteiger partial charge in [0.05, 0.1) is 10.2 Å². The molecule has 0 N–H and O–H groups in total. The van der Waals surface area contributed by atoms with Crippen LogP contribution in [0.25, 0.3) is 95.2 Å². The van der Waals surface area contributed by atoms with Crippen molar-refractivity contribution in [2.45, 2.75) is 0 Å². The van der Waals surface area contributed by atoms with E-state index in [0.29, 0.717) is 0 Å². The topological polar surface area (TPSA) is 16.1 Å². The van der Waals surface area contributed by atoms with Gasteiger partial charge in [-0.25, -0.2) is 4.98 Å². The third kappa shape index (κ3) is 5.26. The van der Waals surface area contributed by atoms with Gasteiger partial charge in [-0.3, -0.25) is 0 Å². The number of fused-ring (bicyclic) bond motifs is 11. The summed E-state index contributed by atoms with van der Waals surface area (Å²) in [5.41, 5.74) is 8.00. The summed E-state index contributed by atoms with van der Waals surface area (Å²) in [5, 5.41) is 13.7. The van der Waals surface area contributed by atoms with E-state index in [1.54, 1.807) is 11.3 Å². The maximum atomic E-state index is 5.08. The number of anilines is 3. The van der Waals surface area contributed by atoms with Gasteiger partial charge in [0.1, 0.15) is 5.01 Å². The highest BCUT2D eigenvalue weighted by Gasteiger charge is 2.18. The minimum absolute atomic E-state index is 1.04. The molecule has 2 heterocycles. The molecule has 0 spiro atoms. The predicted octanol–water partition coefficient (Wildman–Crippen LogP) is 16.1. The number of thiophene rings is 1. The molecule has 0 saturated carbocycles. The average Bonchev–Trinajstić information content (AvgIpc) is 3.89. The van der Waals surface area contributed by atoms with Crippen LogP contribution in [0.15, 0.2) is 194 Å². The molecule has 0 aliphatic heterocycles. The molecule has 12 aromatic rings. The molecule has 0 aliphatic rings. The van der Waals surface area contributed by atoms with Crippen LogP contribution in [-0.2, 0) is 0 Å². The predicted molar refractivity (Wildman–Crippen MR) is 248 cm³/mol. The van der Waals surface area contributed by atoms with E-state index >= 15 is 0 Å². The molecule has 266 valence electrons. The highest BCUT2D eigenvalue weighted by atomic mass is 32.1. The number of nitrogens with zero attached hydrogens (tertiary/aromatic N) is 2. The molecular formula is C53H32N2S2. The van der Waals surface area contributed by atoms with E-state index in [9.17, 15) is 0 Å². The van der Waals surface area contributed by atoms with Crippen LogP contribution in [-0.4, -0.2) is 4.98 Å². The standard InChI is InChI=1S/C53H32N2S2/c1-2-10-35(11-3-1)53-54-48-28-22-34-18-19-37-30-39(25-27-42(37)51(34)52(48)57-53)55(40-26-29-50-47(32-40)45-16-8-9-17-49(45)56-50)38-23-20-33(21-24-38)46-31-36-12-4-5-13-41(36)43-14-6-7-15-44(43)46/h1-32H. The first kappa shape index (κ1) is 32.4. The van der Waals surface area contributed by atoms with Crippen LogP contribution in [0.2, 0.25) is 0 Å². The summed E-state index contributed by atoms with van der Waals surface area (Å²) in [5.74, 6) is 0. The third-order valence-corrected chi connectivity index (χ3v) is 13.7. The van der Waals surface area contributed by atoms with Gasteiger partial charge in [-0.2, -0.15) is 0 Å². The molecule has 0 saturated heterocycles. The monoisotopic (exact) mass is 760 g/mol. The van der Waals surface area contributed by atoms with Crippen LogP contribution < -0.4 is 4.90 Å². The fourth-order valence-corrected chi connectivity index (χ4v) is 11.0. The van der Waals surface area contributed by atoms with E-state index in [2.05, 4.69) is 199 Å². The first-order valence-electron chi connectivity index (χ1n) is 19.3. The number of benzene rings is 10. The van der Waals surface area contributed by atoms with Crippen LogP contribution in [0.5, 0.6) is 0 Å². The second kappa shape index (κ2) is 12.9. The molecule has 0 bridgehead atoms. The Morgan fingerprint density at radius 3 is 1.89 bits per heavy atom. The van der Waals surface area contributed by atoms with E-state index in [4.69, 9.17) is 4.98 Å². The zero-order valence-corrected chi connectivity index (χ0v) is 32.3. The molecule has 12 rings (SSSR count). The minimum Gasteiger partial charge on any atom is -0.310 e. The molecule has 2 nitrogen and oxygen atoms in total. The van der Waals surface area contributed by atoms with E-state index in [0.717, 1.165) is 33.1 Å². The smallest absolute Gasteiger partial charge is 0.124 e. The van der Waals surface area contributed by atoms with Crippen LogP contribution in [0.4, 0.5) is 17.1 Å². The SMILES string of the molecule is c1ccc(-c2nc3ccc4ccc5cc(N(c6ccc(-c7cc8ccccc8c8ccccc78)cc6)c6ccc7sc8ccccc8c7c6)ccc5c4c3s2)cc1. The molecule has 2 aromatic heterocycles. The second-order valence-electron chi connectivity index (χ2n) is 14.7. The van der Waals surface area contributed by atoms with Crippen molar-refractivity contribution in [1.29, 1.82) is 0 Å². The lowest BCUT2D eigenvalue weighted by atomic mass is 9.93. The Morgan fingerprint density at radius 1 is 0.368 bits per heavy atom. The Morgan fingerprint density at radius 2 is 1.02 bits per heavy atom. The van der Waals surface area contributed by atoms with Crippen molar-refractivity contribution in [3.63, 3.8) is 0 Å². The van der Waals surface area contributed by atoms with Gasteiger partial charge in [0.2, 0.25) is 0 Å². The van der Waals surface area contributed by atoms with Crippen molar-refractivity contribution < 1.29 is 0 Å². The van der Waals surface area contributed by atoms with Crippen molar-refractivity contribution in [2.24, 2.45) is 0 Å². The van der Waals surface area contributed by atoms with Gasteiger partial charge in [-0.15, -0.1) is 22.7 Å². The fourth-order valence-electron chi connectivity index (χ4n) is 8.75. The largest absolute Gasteiger partial charge is 0.310 e. The Hall–Kier alpha value is -6.85. The van der Waals surface area contributed by atoms with Gasteiger partial charge in [-0.1, -0.05) is 133 Å². The van der Waals surface area contributed by atoms with E-state index in [1.807, 2.05) is 11.3 Å². The molecule has 4 heteroatoms. The zero-order valence-electron chi connectivity index (χ0n) is 30.7. The molecule has 0 amide bonds. The maximum absolute atomic E-state index is 5.08. The van der Waals surface area contributed by atoms with E-state index in [-0.39, 0.29) is 0 Å².